The number of anilines is 1. The summed E-state index contributed by atoms with van der Waals surface area (Å²) in [5, 5.41) is 11.7. The number of hydrogen-bond donors (Lipinski definition) is 2. The number of para-hydroxylation sites is 1. The summed E-state index contributed by atoms with van der Waals surface area (Å²) in [6.07, 6.45) is 1.68. The summed E-state index contributed by atoms with van der Waals surface area (Å²) in [4.78, 5) is 27.4. The predicted octanol–water partition coefficient (Wildman–Crippen LogP) is 4.19. The minimum absolute atomic E-state index is 0. The van der Waals surface area contributed by atoms with Crippen LogP contribution in [-0.4, -0.2) is 28.6 Å². The van der Waals surface area contributed by atoms with Crippen LogP contribution in [0.3, 0.4) is 0 Å². The van der Waals surface area contributed by atoms with Gasteiger partial charge in [0.1, 0.15) is 0 Å². The molecule has 2 N–H and O–H groups in total. The maximum atomic E-state index is 12.0. The van der Waals surface area contributed by atoms with E-state index in [-0.39, 0.29) is 30.3 Å². The van der Waals surface area contributed by atoms with Gasteiger partial charge in [0, 0.05) is 17.8 Å². The number of amides is 1. The fraction of sp³-hybridized carbons (Fsp3) is 0.0952. The first-order chi connectivity index (χ1) is 13.0. The van der Waals surface area contributed by atoms with Crippen molar-refractivity contribution >= 4 is 30.0 Å². The van der Waals surface area contributed by atoms with E-state index in [0.29, 0.717) is 5.88 Å². The number of aryl methyl sites for hydroxylation is 1. The van der Waals surface area contributed by atoms with Gasteiger partial charge in [-0.25, -0.2) is 9.78 Å². The molecule has 0 fully saturated rings. The highest BCUT2D eigenvalue weighted by Gasteiger charge is 2.12. The van der Waals surface area contributed by atoms with Crippen LogP contribution in [0.1, 0.15) is 15.9 Å². The van der Waals surface area contributed by atoms with Gasteiger partial charge in [0.05, 0.1) is 11.3 Å². The van der Waals surface area contributed by atoms with Gasteiger partial charge in [-0.15, -0.1) is 12.4 Å². The zero-order valence-electron chi connectivity index (χ0n) is 15.1. The largest absolute Gasteiger partial charge is 0.478 e. The minimum atomic E-state index is -1.11. The van der Waals surface area contributed by atoms with Crippen LogP contribution in [0.25, 0.3) is 11.1 Å². The molecule has 144 valence electrons. The molecular formula is C21H19ClN2O4. The van der Waals surface area contributed by atoms with E-state index in [1.807, 2.05) is 31.2 Å². The molecule has 0 saturated carbocycles. The monoisotopic (exact) mass is 398 g/mol. The highest BCUT2D eigenvalue weighted by molar-refractivity contribution is 6.00. The summed E-state index contributed by atoms with van der Waals surface area (Å²) in [6.45, 7) is 1.75. The van der Waals surface area contributed by atoms with Gasteiger partial charge >= 0.3 is 5.97 Å². The van der Waals surface area contributed by atoms with E-state index in [2.05, 4.69) is 16.4 Å². The number of aromatic carboxylic acids is 1. The topological polar surface area (TPSA) is 88.5 Å². The van der Waals surface area contributed by atoms with Crippen molar-refractivity contribution in [3.63, 3.8) is 0 Å². The van der Waals surface area contributed by atoms with Crippen LogP contribution in [0.2, 0.25) is 0 Å². The highest BCUT2D eigenvalue weighted by Crippen LogP contribution is 2.21. The normalized spacial score (nSPS) is 9.89. The van der Waals surface area contributed by atoms with Crippen LogP contribution in [0.15, 0.2) is 66.9 Å². The van der Waals surface area contributed by atoms with Crippen molar-refractivity contribution in [2.45, 2.75) is 6.92 Å². The van der Waals surface area contributed by atoms with E-state index in [4.69, 9.17) is 9.84 Å². The summed E-state index contributed by atoms with van der Waals surface area (Å²) >= 11 is 0. The predicted molar refractivity (Wildman–Crippen MR) is 109 cm³/mol. The van der Waals surface area contributed by atoms with Crippen molar-refractivity contribution < 1.29 is 19.4 Å². The molecule has 3 rings (SSSR count). The van der Waals surface area contributed by atoms with Crippen molar-refractivity contribution in [2.24, 2.45) is 0 Å². The van der Waals surface area contributed by atoms with E-state index < -0.39 is 11.9 Å². The molecule has 1 amide bonds. The standard InChI is InChI=1S/C21H18N2O4.ClH/c1-14-5-4-6-15(11-14)16-9-10-20(22-12-16)27-13-19(24)23-18-8-3-2-7-17(18)21(25)26;/h2-12H,13H2,1H3,(H,23,24)(H,25,26);1H. The molecule has 6 nitrogen and oxygen atoms in total. The Bertz CT molecular complexity index is 974. The molecule has 0 aliphatic heterocycles. The van der Waals surface area contributed by atoms with Gasteiger partial charge in [0.15, 0.2) is 6.61 Å². The minimum Gasteiger partial charge on any atom is -0.478 e. The number of hydrogen-bond acceptors (Lipinski definition) is 4. The molecule has 1 aromatic heterocycles. The number of carbonyl (C=O) groups excluding carboxylic acids is 1. The molecule has 0 spiro atoms. The summed E-state index contributed by atoms with van der Waals surface area (Å²) in [5.41, 5.74) is 3.40. The van der Waals surface area contributed by atoms with Gasteiger partial charge < -0.3 is 15.2 Å². The molecule has 2 aromatic carbocycles. The van der Waals surface area contributed by atoms with Crippen molar-refractivity contribution in [3.8, 4) is 17.0 Å². The average molecular weight is 399 g/mol. The van der Waals surface area contributed by atoms with Gasteiger partial charge in [-0.2, -0.15) is 0 Å². The first-order valence-electron chi connectivity index (χ1n) is 8.31. The van der Waals surface area contributed by atoms with Gasteiger partial charge in [-0.1, -0.05) is 42.0 Å². The Morgan fingerprint density at radius 3 is 2.50 bits per heavy atom. The van der Waals surface area contributed by atoms with Crippen LogP contribution < -0.4 is 10.1 Å². The Morgan fingerprint density at radius 2 is 1.82 bits per heavy atom. The van der Waals surface area contributed by atoms with Gasteiger partial charge in [-0.3, -0.25) is 4.79 Å². The van der Waals surface area contributed by atoms with Crippen LogP contribution in [0, 0.1) is 6.92 Å². The molecule has 0 aliphatic carbocycles. The van der Waals surface area contributed by atoms with Crippen LogP contribution in [0.5, 0.6) is 5.88 Å². The third kappa shape index (κ3) is 5.31. The Morgan fingerprint density at radius 1 is 1.04 bits per heavy atom. The van der Waals surface area contributed by atoms with E-state index in [0.717, 1.165) is 16.7 Å². The fourth-order valence-electron chi connectivity index (χ4n) is 2.57. The number of pyridine rings is 1. The SMILES string of the molecule is Cc1cccc(-c2ccc(OCC(=O)Nc3ccccc3C(=O)O)nc2)c1.Cl. The summed E-state index contributed by atoms with van der Waals surface area (Å²) in [7, 11) is 0. The highest BCUT2D eigenvalue weighted by atomic mass is 35.5. The molecule has 0 aliphatic rings. The summed E-state index contributed by atoms with van der Waals surface area (Å²) in [5.74, 6) is -1.26. The third-order valence-corrected chi connectivity index (χ3v) is 3.87. The molecule has 3 aromatic rings. The lowest BCUT2D eigenvalue weighted by Crippen LogP contribution is -2.21. The zero-order chi connectivity index (χ0) is 19.2. The molecular weight excluding hydrogens is 380 g/mol. The molecule has 0 bridgehead atoms. The summed E-state index contributed by atoms with van der Waals surface area (Å²) < 4.78 is 5.38. The summed E-state index contributed by atoms with van der Waals surface area (Å²) in [6, 6.07) is 17.8. The smallest absolute Gasteiger partial charge is 0.337 e. The quantitative estimate of drug-likeness (QED) is 0.649. The van der Waals surface area contributed by atoms with E-state index >= 15 is 0 Å². The van der Waals surface area contributed by atoms with E-state index in [9.17, 15) is 9.59 Å². The number of carboxylic acids is 1. The number of aromatic nitrogens is 1. The molecule has 0 saturated heterocycles. The molecule has 0 atom stereocenters. The molecule has 1 heterocycles. The number of ether oxygens (including phenoxy) is 1. The van der Waals surface area contributed by atoms with E-state index in [1.54, 1.807) is 24.4 Å². The van der Waals surface area contributed by atoms with Gasteiger partial charge in [-0.05, 0) is 30.7 Å². The van der Waals surface area contributed by atoms with Crippen LogP contribution in [-0.2, 0) is 4.79 Å². The number of nitrogens with one attached hydrogen (secondary N) is 1. The number of halogens is 1. The number of rotatable bonds is 6. The lowest BCUT2D eigenvalue weighted by atomic mass is 10.1. The molecule has 28 heavy (non-hydrogen) atoms. The maximum Gasteiger partial charge on any atom is 0.337 e. The van der Waals surface area contributed by atoms with Crippen LogP contribution in [0.4, 0.5) is 5.69 Å². The van der Waals surface area contributed by atoms with Gasteiger partial charge in [0.2, 0.25) is 5.88 Å². The fourth-order valence-corrected chi connectivity index (χ4v) is 2.57. The molecule has 0 radical (unpaired) electrons. The number of nitrogens with zero attached hydrogens (tertiary/aromatic N) is 1. The lowest BCUT2D eigenvalue weighted by molar-refractivity contribution is -0.118. The Labute approximate surface area is 168 Å². The Balaban J connectivity index is 0.00000280. The van der Waals surface area contributed by atoms with Crippen molar-refractivity contribution in [1.82, 2.24) is 4.98 Å². The Kier molecular flexibility index (Phi) is 7.12. The first kappa shape index (κ1) is 20.9. The number of carbonyl (C=O) groups is 2. The second-order valence-electron chi connectivity index (χ2n) is 5.94. The molecule has 7 heteroatoms. The first-order valence-corrected chi connectivity index (χ1v) is 8.31. The second-order valence-corrected chi connectivity index (χ2v) is 5.94. The molecule has 0 unspecified atom stereocenters. The average Bonchev–Trinajstić information content (AvgIpc) is 2.67. The lowest BCUT2D eigenvalue weighted by Gasteiger charge is -2.09. The van der Waals surface area contributed by atoms with E-state index in [1.165, 1.54) is 12.1 Å². The zero-order valence-corrected chi connectivity index (χ0v) is 15.9. The van der Waals surface area contributed by atoms with Crippen molar-refractivity contribution in [1.29, 1.82) is 0 Å². The number of benzene rings is 2. The number of carboxylic acid groups (broad SMARTS) is 1. The maximum absolute atomic E-state index is 12.0. The van der Waals surface area contributed by atoms with Crippen molar-refractivity contribution in [2.75, 3.05) is 11.9 Å². The van der Waals surface area contributed by atoms with Crippen LogP contribution >= 0.6 is 12.4 Å². The Hall–Kier alpha value is -3.38. The third-order valence-electron chi connectivity index (χ3n) is 3.87. The van der Waals surface area contributed by atoms with Crippen molar-refractivity contribution in [3.05, 3.63) is 78.0 Å². The second kappa shape index (κ2) is 9.53. The van der Waals surface area contributed by atoms with Gasteiger partial charge in [0.25, 0.3) is 5.91 Å².